The second kappa shape index (κ2) is 8.05. The van der Waals surface area contributed by atoms with E-state index in [0.717, 1.165) is 6.42 Å². The van der Waals surface area contributed by atoms with Crippen molar-refractivity contribution in [1.29, 1.82) is 0 Å². The summed E-state index contributed by atoms with van der Waals surface area (Å²) in [5.41, 5.74) is 6.79. The van der Waals surface area contributed by atoms with Gasteiger partial charge in [0.05, 0.1) is 29.5 Å². The Labute approximate surface area is 119 Å². The molecule has 114 valence electrons. The average molecular weight is 303 g/mol. The molecule has 0 spiro atoms. The molecule has 0 fully saturated rings. The van der Waals surface area contributed by atoms with E-state index in [1.165, 1.54) is 12.1 Å². The van der Waals surface area contributed by atoms with Crippen molar-refractivity contribution in [2.24, 2.45) is 5.14 Å². The summed E-state index contributed by atoms with van der Waals surface area (Å²) in [7, 11) is -2.10. The van der Waals surface area contributed by atoms with E-state index in [0.29, 0.717) is 37.7 Å². The molecule has 1 aromatic rings. The molecule has 0 aliphatic rings. The Balaban J connectivity index is 2.38. The maximum atomic E-state index is 11.2. The molecule has 0 saturated carbocycles. The summed E-state index contributed by atoms with van der Waals surface area (Å²) in [6.07, 6.45) is 0.806. The summed E-state index contributed by atoms with van der Waals surface area (Å²) in [5.74, 6) is 0. The number of nitrogens with two attached hydrogens (primary N) is 2. The zero-order chi connectivity index (χ0) is 15.0. The molecule has 0 aromatic heterocycles. The number of primary sulfonamides is 1. The molecule has 1 aromatic carbocycles. The van der Waals surface area contributed by atoms with Gasteiger partial charge >= 0.3 is 0 Å². The van der Waals surface area contributed by atoms with Gasteiger partial charge in [0, 0.05) is 20.3 Å². The average Bonchev–Trinajstić information content (AvgIpc) is 2.38. The van der Waals surface area contributed by atoms with Crippen molar-refractivity contribution < 1.29 is 17.9 Å². The van der Waals surface area contributed by atoms with Crippen LogP contribution in [0.15, 0.2) is 23.1 Å². The Morgan fingerprint density at radius 2 is 2.00 bits per heavy atom. The molecule has 0 radical (unpaired) electrons. The first-order valence-electron chi connectivity index (χ1n) is 6.18. The molecule has 8 heteroatoms. The number of benzene rings is 1. The van der Waals surface area contributed by atoms with Crippen molar-refractivity contribution in [3.8, 4) is 0 Å². The minimum atomic E-state index is -3.72. The second-order valence-electron chi connectivity index (χ2n) is 4.18. The van der Waals surface area contributed by atoms with Crippen LogP contribution in [0.2, 0.25) is 0 Å². The summed E-state index contributed by atoms with van der Waals surface area (Å²) < 4.78 is 32.5. The van der Waals surface area contributed by atoms with Crippen molar-refractivity contribution in [1.82, 2.24) is 0 Å². The third-order valence-corrected chi connectivity index (χ3v) is 3.48. The Morgan fingerprint density at radius 3 is 2.60 bits per heavy atom. The van der Waals surface area contributed by atoms with E-state index in [9.17, 15) is 8.42 Å². The van der Waals surface area contributed by atoms with Crippen LogP contribution in [0.4, 0.5) is 11.4 Å². The molecule has 0 heterocycles. The molecule has 0 bridgehead atoms. The first kappa shape index (κ1) is 16.7. The van der Waals surface area contributed by atoms with Gasteiger partial charge in [-0.15, -0.1) is 0 Å². The molecule has 7 nitrogen and oxygen atoms in total. The lowest BCUT2D eigenvalue weighted by Gasteiger charge is -2.10. The summed E-state index contributed by atoms with van der Waals surface area (Å²) in [6.45, 7) is 2.44. The number of methoxy groups -OCH3 is 1. The number of hydrogen-bond acceptors (Lipinski definition) is 6. The molecular weight excluding hydrogens is 282 g/mol. The van der Waals surface area contributed by atoms with Gasteiger partial charge in [0.2, 0.25) is 10.0 Å². The van der Waals surface area contributed by atoms with Crippen LogP contribution in [0.5, 0.6) is 0 Å². The highest BCUT2D eigenvalue weighted by Crippen LogP contribution is 2.21. The Morgan fingerprint density at radius 1 is 1.25 bits per heavy atom. The van der Waals surface area contributed by atoms with Crippen LogP contribution in [-0.2, 0) is 19.5 Å². The van der Waals surface area contributed by atoms with E-state index in [-0.39, 0.29) is 4.90 Å². The molecule has 0 aliphatic heterocycles. The number of anilines is 2. The van der Waals surface area contributed by atoms with Gasteiger partial charge in [-0.1, -0.05) is 0 Å². The van der Waals surface area contributed by atoms with Crippen LogP contribution in [0.1, 0.15) is 6.42 Å². The van der Waals surface area contributed by atoms with Crippen LogP contribution >= 0.6 is 0 Å². The van der Waals surface area contributed by atoms with Gasteiger partial charge in [-0.25, -0.2) is 13.6 Å². The summed E-state index contributed by atoms with van der Waals surface area (Å²) in [6, 6.07) is 4.36. The van der Waals surface area contributed by atoms with Crippen LogP contribution in [0.3, 0.4) is 0 Å². The fraction of sp³-hybridized carbons (Fsp3) is 0.500. The van der Waals surface area contributed by atoms with Gasteiger partial charge < -0.3 is 20.5 Å². The van der Waals surface area contributed by atoms with E-state index in [1.807, 2.05) is 0 Å². The Bertz CT molecular complexity index is 519. The van der Waals surface area contributed by atoms with E-state index in [1.54, 1.807) is 13.2 Å². The van der Waals surface area contributed by atoms with E-state index in [2.05, 4.69) is 5.32 Å². The van der Waals surface area contributed by atoms with Gasteiger partial charge in [0.1, 0.15) is 0 Å². The highest BCUT2D eigenvalue weighted by atomic mass is 32.2. The van der Waals surface area contributed by atoms with Gasteiger partial charge in [-0.3, -0.25) is 0 Å². The van der Waals surface area contributed by atoms with Crippen LogP contribution in [-0.4, -0.2) is 41.9 Å². The van der Waals surface area contributed by atoms with Gasteiger partial charge in [0.15, 0.2) is 0 Å². The lowest BCUT2D eigenvalue weighted by atomic mass is 10.2. The van der Waals surface area contributed by atoms with Crippen LogP contribution in [0.25, 0.3) is 0 Å². The van der Waals surface area contributed by atoms with E-state index >= 15 is 0 Å². The van der Waals surface area contributed by atoms with Crippen LogP contribution < -0.4 is 16.2 Å². The Hall–Kier alpha value is -1.35. The molecule has 20 heavy (non-hydrogen) atoms. The Kier molecular flexibility index (Phi) is 6.73. The topological polar surface area (TPSA) is 117 Å². The quantitative estimate of drug-likeness (QED) is 0.448. The second-order valence-corrected chi connectivity index (χ2v) is 5.74. The maximum Gasteiger partial charge on any atom is 0.238 e. The van der Waals surface area contributed by atoms with Gasteiger partial charge in [0.25, 0.3) is 0 Å². The lowest BCUT2D eigenvalue weighted by Crippen LogP contribution is -2.13. The van der Waals surface area contributed by atoms with Crippen molar-refractivity contribution >= 4 is 21.4 Å². The number of nitrogens with one attached hydrogen (secondary N) is 1. The van der Waals surface area contributed by atoms with Crippen molar-refractivity contribution in [2.75, 3.05) is 44.5 Å². The zero-order valence-electron chi connectivity index (χ0n) is 11.5. The number of sulfonamides is 1. The van der Waals surface area contributed by atoms with Crippen LogP contribution in [0, 0.1) is 0 Å². The molecular formula is C12H21N3O4S. The van der Waals surface area contributed by atoms with Gasteiger partial charge in [-0.2, -0.15) is 0 Å². The zero-order valence-corrected chi connectivity index (χ0v) is 12.3. The lowest BCUT2D eigenvalue weighted by molar-refractivity contribution is 0.0705. The predicted octanol–water partition coefficient (Wildman–Crippen LogP) is 0.381. The minimum absolute atomic E-state index is 0.00319. The molecule has 0 saturated heterocycles. The van der Waals surface area contributed by atoms with Crippen molar-refractivity contribution in [3.05, 3.63) is 18.2 Å². The third-order valence-electron chi connectivity index (χ3n) is 2.56. The van der Waals surface area contributed by atoms with E-state index in [4.69, 9.17) is 20.3 Å². The molecule has 0 unspecified atom stereocenters. The molecule has 0 atom stereocenters. The highest BCUT2D eigenvalue weighted by Gasteiger charge is 2.09. The maximum absolute atomic E-state index is 11.2. The fourth-order valence-electron chi connectivity index (χ4n) is 1.52. The predicted molar refractivity (Wildman–Crippen MR) is 78.0 cm³/mol. The number of rotatable bonds is 9. The first-order chi connectivity index (χ1) is 9.45. The molecule has 1 rings (SSSR count). The first-order valence-corrected chi connectivity index (χ1v) is 7.72. The van der Waals surface area contributed by atoms with Gasteiger partial charge in [-0.05, 0) is 24.6 Å². The van der Waals surface area contributed by atoms with E-state index < -0.39 is 10.0 Å². The summed E-state index contributed by atoms with van der Waals surface area (Å²) in [4.78, 5) is 0.00319. The normalized spacial score (nSPS) is 11.5. The number of hydrogen-bond donors (Lipinski definition) is 3. The highest BCUT2D eigenvalue weighted by molar-refractivity contribution is 7.89. The monoisotopic (exact) mass is 303 g/mol. The van der Waals surface area contributed by atoms with Crippen molar-refractivity contribution in [3.63, 3.8) is 0 Å². The molecule has 0 aliphatic carbocycles. The largest absolute Gasteiger partial charge is 0.397 e. The number of nitrogen functional groups attached to an aromatic ring is 1. The summed E-state index contributed by atoms with van der Waals surface area (Å²) >= 11 is 0. The summed E-state index contributed by atoms with van der Waals surface area (Å²) in [5, 5.41) is 8.14. The molecule has 0 amide bonds. The molecule has 5 N–H and O–H groups in total. The SMILES string of the molecule is COCCOCCCNc1ccc(S(N)(=O)=O)cc1N. The third kappa shape index (κ3) is 5.74. The minimum Gasteiger partial charge on any atom is -0.397 e. The standard InChI is InChI=1S/C12H21N3O4S/c1-18-7-8-19-6-2-5-15-12-4-3-10(9-11(12)13)20(14,16)17/h3-4,9,15H,2,5-8,13H2,1H3,(H2,14,16,17). The smallest absolute Gasteiger partial charge is 0.238 e. The van der Waals surface area contributed by atoms with Crippen molar-refractivity contribution in [2.45, 2.75) is 11.3 Å². The fourth-order valence-corrected chi connectivity index (χ4v) is 2.07. The number of ether oxygens (including phenoxy) is 2.